The summed E-state index contributed by atoms with van der Waals surface area (Å²) in [5.41, 5.74) is 8.87. The first-order chi connectivity index (χ1) is 21.8. The Morgan fingerprint density at radius 3 is 1.70 bits per heavy atom. The highest BCUT2D eigenvalue weighted by Gasteiger charge is 2.19. The van der Waals surface area contributed by atoms with Crippen molar-refractivity contribution in [3.63, 3.8) is 0 Å². The van der Waals surface area contributed by atoms with Gasteiger partial charge in [-0.1, -0.05) is 103 Å². The standard InChI is InChI=1S/C42H26O2/c1-2-10-30-29(9-1)33-15-7-13-27(25-19-21-39-35(23-25)31-11-3-5-17-37(31)43-39)41(33)42-28(14-8-16-34(30)42)26-20-22-40-36(24-26)32-12-4-6-18-38(32)44-40/h1-5,7-17,19-24H,6,18H2. The normalized spacial score (nSPS) is 13.2. The van der Waals surface area contributed by atoms with Gasteiger partial charge >= 0.3 is 0 Å². The summed E-state index contributed by atoms with van der Waals surface area (Å²) in [5.74, 6) is 1.10. The van der Waals surface area contributed by atoms with Crippen LogP contribution in [0.5, 0.6) is 0 Å². The number of furan rings is 2. The summed E-state index contributed by atoms with van der Waals surface area (Å²) < 4.78 is 12.5. The molecule has 1 aliphatic carbocycles. The lowest BCUT2D eigenvalue weighted by atomic mass is 9.85. The van der Waals surface area contributed by atoms with E-state index in [4.69, 9.17) is 8.83 Å². The van der Waals surface area contributed by atoms with E-state index in [2.05, 4.69) is 121 Å². The second-order valence-corrected chi connectivity index (χ2v) is 11.9. The fraction of sp³-hybridized carbons (Fsp3) is 0.0476. The molecule has 0 amide bonds. The van der Waals surface area contributed by atoms with Crippen LogP contribution in [0.25, 0.3) is 93.6 Å². The van der Waals surface area contributed by atoms with Crippen LogP contribution in [-0.4, -0.2) is 0 Å². The van der Waals surface area contributed by atoms with Crippen LogP contribution < -0.4 is 0 Å². The molecule has 7 aromatic carbocycles. The molecule has 2 heterocycles. The molecule has 10 rings (SSSR count). The Bertz CT molecular complexity index is 2660. The number of fused-ring (bicyclic) bond motifs is 12. The summed E-state index contributed by atoms with van der Waals surface area (Å²) in [7, 11) is 0. The van der Waals surface area contributed by atoms with Gasteiger partial charge in [-0.25, -0.2) is 0 Å². The molecule has 0 spiro atoms. The smallest absolute Gasteiger partial charge is 0.135 e. The number of para-hydroxylation sites is 1. The van der Waals surface area contributed by atoms with E-state index in [1.165, 1.54) is 65.5 Å². The fourth-order valence-corrected chi connectivity index (χ4v) is 7.54. The van der Waals surface area contributed by atoms with Gasteiger partial charge in [0.15, 0.2) is 0 Å². The largest absolute Gasteiger partial charge is 0.460 e. The zero-order valence-electron chi connectivity index (χ0n) is 23.9. The van der Waals surface area contributed by atoms with Gasteiger partial charge in [0, 0.05) is 28.1 Å². The molecule has 0 atom stereocenters. The maximum absolute atomic E-state index is 6.27. The molecule has 0 aliphatic heterocycles. The van der Waals surface area contributed by atoms with Gasteiger partial charge in [0.05, 0.1) is 0 Å². The average Bonchev–Trinajstić information content (AvgIpc) is 3.65. The number of benzene rings is 7. The van der Waals surface area contributed by atoms with Crippen molar-refractivity contribution in [1.82, 2.24) is 0 Å². The molecule has 0 saturated heterocycles. The molecule has 9 aromatic rings. The molecule has 0 fully saturated rings. The van der Waals surface area contributed by atoms with E-state index in [9.17, 15) is 0 Å². The van der Waals surface area contributed by atoms with Crippen LogP contribution in [0.1, 0.15) is 17.7 Å². The SMILES string of the molecule is C1=Cc2c(oc3ccc(-c4cccc5c6ccccc6c6cccc(-c7ccc8oc9ccccc9c8c7)c6c45)cc23)CC1. The Labute approximate surface area is 253 Å². The van der Waals surface area contributed by atoms with E-state index in [1.807, 2.05) is 12.1 Å². The van der Waals surface area contributed by atoms with E-state index in [1.54, 1.807) is 0 Å². The van der Waals surface area contributed by atoms with Gasteiger partial charge in [-0.15, -0.1) is 0 Å². The third-order valence-corrected chi connectivity index (χ3v) is 9.51. The molecule has 0 N–H and O–H groups in total. The first-order valence-corrected chi connectivity index (χ1v) is 15.3. The van der Waals surface area contributed by atoms with E-state index in [-0.39, 0.29) is 0 Å². The van der Waals surface area contributed by atoms with Gasteiger partial charge in [0.2, 0.25) is 0 Å². The van der Waals surface area contributed by atoms with Crippen molar-refractivity contribution < 1.29 is 8.83 Å². The lowest BCUT2D eigenvalue weighted by molar-refractivity contribution is 0.546. The van der Waals surface area contributed by atoms with Crippen LogP contribution in [0.15, 0.2) is 136 Å². The minimum Gasteiger partial charge on any atom is -0.460 e. The molecule has 206 valence electrons. The van der Waals surface area contributed by atoms with E-state index in [0.717, 1.165) is 46.1 Å². The van der Waals surface area contributed by atoms with Crippen LogP contribution in [0.3, 0.4) is 0 Å². The fourth-order valence-electron chi connectivity index (χ4n) is 7.54. The monoisotopic (exact) mass is 562 g/mol. The highest BCUT2D eigenvalue weighted by Crippen LogP contribution is 2.45. The lowest BCUT2D eigenvalue weighted by Gasteiger charge is -2.17. The van der Waals surface area contributed by atoms with Gasteiger partial charge in [-0.05, 0) is 91.3 Å². The molecule has 2 heteroatoms. The topological polar surface area (TPSA) is 26.3 Å². The van der Waals surface area contributed by atoms with Crippen LogP contribution in [0, 0.1) is 0 Å². The molecular weight excluding hydrogens is 536 g/mol. The second-order valence-electron chi connectivity index (χ2n) is 11.9. The predicted octanol–water partition coefficient (Wildman–Crippen LogP) is 12.1. The van der Waals surface area contributed by atoms with Crippen molar-refractivity contribution >= 4 is 71.3 Å². The van der Waals surface area contributed by atoms with E-state index < -0.39 is 0 Å². The Morgan fingerprint density at radius 1 is 0.432 bits per heavy atom. The molecule has 44 heavy (non-hydrogen) atoms. The van der Waals surface area contributed by atoms with Crippen molar-refractivity contribution in [2.24, 2.45) is 0 Å². The van der Waals surface area contributed by atoms with Crippen molar-refractivity contribution in [2.75, 3.05) is 0 Å². The number of aryl methyl sites for hydroxylation is 1. The Hall–Kier alpha value is -5.60. The number of allylic oxidation sites excluding steroid dienone is 1. The van der Waals surface area contributed by atoms with Crippen molar-refractivity contribution in [3.8, 4) is 22.3 Å². The third-order valence-electron chi connectivity index (χ3n) is 9.51. The first-order valence-electron chi connectivity index (χ1n) is 15.3. The second kappa shape index (κ2) is 8.95. The predicted molar refractivity (Wildman–Crippen MR) is 184 cm³/mol. The van der Waals surface area contributed by atoms with Crippen LogP contribution in [0.2, 0.25) is 0 Å². The summed E-state index contributed by atoms with van der Waals surface area (Å²) in [5, 5.41) is 11.1. The Kier molecular flexibility index (Phi) is 4.86. The van der Waals surface area contributed by atoms with Gasteiger partial charge in [-0.2, -0.15) is 0 Å². The summed E-state index contributed by atoms with van der Waals surface area (Å²) in [4.78, 5) is 0. The maximum Gasteiger partial charge on any atom is 0.135 e. The average molecular weight is 563 g/mol. The lowest BCUT2D eigenvalue weighted by Crippen LogP contribution is -1.90. The number of rotatable bonds is 2. The molecule has 0 saturated carbocycles. The van der Waals surface area contributed by atoms with Crippen LogP contribution in [-0.2, 0) is 6.42 Å². The Balaban J connectivity index is 1.33. The summed E-state index contributed by atoms with van der Waals surface area (Å²) >= 11 is 0. The third kappa shape index (κ3) is 3.31. The maximum atomic E-state index is 6.27. The summed E-state index contributed by atoms with van der Waals surface area (Å²) in [6, 6.07) is 44.0. The summed E-state index contributed by atoms with van der Waals surface area (Å²) in [6.45, 7) is 0. The quantitative estimate of drug-likeness (QED) is 0.196. The van der Waals surface area contributed by atoms with E-state index in [0.29, 0.717) is 0 Å². The van der Waals surface area contributed by atoms with Gasteiger partial charge < -0.3 is 8.83 Å². The molecule has 2 nitrogen and oxygen atoms in total. The number of hydrogen-bond acceptors (Lipinski definition) is 2. The van der Waals surface area contributed by atoms with Crippen molar-refractivity contribution in [3.05, 3.63) is 139 Å². The molecule has 0 bridgehead atoms. The van der Waals surface area contributed by atoms with Gasteiger partial charge in [0.1, 0.15) is 22.5 Å². The molecular formula is C42H26O2. The van der Waals surface area contributed by atoms with Crippen molar-refractivity contribution in [2.45, 2.75) is 12.8 Å². The zero-order chi connectivity index (χ0) is 28.8. The molecule has 1 aliphatic rings. The summed E-state index contributed by atoms with van der Waals surface area (Å²) in [6.07, 6.45) is 6.48. The Morgan fingerprint density at radius 2 is 1.00 bits per heavy atom. The number of hydrogen-bond donors (Lipinski definition) is 0. The van der Waals surface area contributed by atoms with Gasteiger partial charge in [-0.3, -0.25) is 0 Å². The van der Waals surface area contributed by atoms with Crippen LogP contribution in [0.4, 0.5) is 0 Å². The van der Waals surface area contributed by atoms with Crippen LogP contribution >= 0.6 is 0 Å². The van der Waals surface area contributed by atoms with Crippen molar-refractivity contribution in [1.29, 1.82) is 0 Å². The molecule has 2 aromatic heterocycles. The molecule has 0 unspecified atom stereocenters. The minimum absolute atomic E-state index is 0.914. The minimum atomic E-state index is 0.914. The first kappa shape index (κ1) is 23.9. The molecule has 0 radical (unpaired) electrons. The highest BCUT2D eigenvalue weighted by atomic mass is 16.3. The van der Waals surface area contributed by atoms with Gasteiger partial charge in [0.25, 0.3) is 0 Å². The highest BCUT2D eigenvalue weighted by molar-refractivity contribution is 6.31. The van der Waals surface area contributed by atoms with E-state index >= 15 is 0 Å². The zero-order valence-corrected chi connectivity index (χ0v) is 23.9.